The second-order valence-corrected chi connectivity index (χ2v) is 17.1. The molecule has 0 amide bonds. The fourth-order valence-corrected chi connectivity index (χ4v) is 8.73. The Kier molecular flexibility index (Phi) is 14.1. The molecule has 4 aromatic carbocycles. The van der Waals surface area contributed by atoms with Crippen molar-refractivity contribution in [2.45, 2.75) is 105 Å². The van der Waals surface area contributed by atoms with Gasteiger partial charge in [0, 0.05) is 42.0 Å². The minimum atomic E-state index is -3.67. The molecule has 0 saturated heterocycles. The fraction of sp³-hybridized carbons (Fsp3) is 0.367. The lowest BCUT2D eigenvalue weighted by Crippen LogP contribution is -2.33. The third kappa shape index (κ3) is 9.45. The van der Waals surface area contributed by atoms with Crippen LogP contribution in [0.25, 0.3) is 11.4 Å². The van der Waals surface area contributed by atoms with E-state index >= 15 is 0 Å². The van der Waals surface area contributed by atoms with Crippen molar-refractivity contribution in [2.75, 3.05) is 22.5 Å². The number of ether oxygens (including phenoxy) is 2. The van der Waals surface area contributed by atoms with Gasteiger partial charge in [0.25, 0.3) is 10.1 Å². The standard InChI is InChI=1S/C46H50N6O2.C3H8O3S/c1-5-9-17-31-23-24-37-34(30-31)50-42-41(46-49-28-25-32(18-10-6-2)51(46)29-11-7-3)43(40(33(8-4)44(42)54-37)45-47-26-16-27-48-45)52-35-19-12-14-21-38(35)53-39-22-15-13-20-36(39)52;1-2-3-7(4,5)6/h12-16,19-28,30,46,50H,5-11,17-18,29H2,1-4H3;2-3H2,1H3,(H,4,5,6). The molecule has 3 aliphatic heterocycles. The first kappa shape index (κ1) is 43.4. The topological polar surface area (TPSA) is 129 Å². The number of allylic oxidation sites excluding steroid dienone is 2. The summed E-state index contributed by atoms with van der Waals surface area (Å²) in [7, 11) is -3.67. The molecule has 1 atom stereocenters. The fourth-order valence-electron chi connectivity index (χ4n) is 8.21. The molecule has 0 bridgehead atoms. The molecule has 1 aromatic heterocycles. The SMILES string of the molecule is CCCCC1=CC=NC(c2c3c(c(CC)c(-c4ncccn4)c2N2c4ccccc4Oc4ccccc42)Oc2ccc(CCCC)cc2N3)N1CCCC.CCCS(=O)(=O)O. The predicted octanol–water partition coefficient (Wildman–Crippen LogP) is 13.0. The van der Waals surface area contributed by atoms with E-state index in [9.17, 15) is 8.42 Å². The molecular weight excluding hydrogens is 785 g/mol. The maximum atomic E-state index is 9.79. The van der Waals surface area contributed by atoms with Crippen LogP contribution in [0, 0.1) is 0 Å². The van der Waals surface area contributed by atoms with Gasteiger partial charge < -0.3 is 24.6 Å². The number of aryl methyl sites for hydroxylation is 1. The zero-order chi connectivity index (χ0) is 42.9. The number of hydrogen-bond donors (Lipinski definition) is 2. The Balaban J connectivity index is 0.000000739. The van der Waals surface area contributed by atoms with E-state index in [1.165, 1.54) is 11.3 Å². The highest BCUT2D eigenvalue weighted by Gasteiger charge is 2.40. The second-order valence-electron chi connectivity index (χ2n) is 15.5. The summed E-state index contributed by atoms with van der Waals surface area (Å²) in [6, 6.07) is 25.0. The first-order valence-electron chi connectivity index (χ1n) is 21.9. The smallest absolute Gasteiger partial charge is 0.264 e. The predicted molar refractivity (Wildman–Crippen MR) is 247 cm³/mol. The number of fused-ring (bicyclic) bond motifs is 4. The number of para-hydroxylation sites is 4. The van der Waals surface area contributed by atoms with Gasteiger partial charge in [-0.25, -0.2) is 9.97 Å². The Morgan fingerprint density at radius 2 is 1.44 bits per heavy atom. The molecule has 2 N–H and O–H groups in total. The van der Waals surface area contributed by atoms with Gasteiger partial charge in [-0.15, -0.1) is 0 Å². The van der Waals surface area contributed by atoms with Gasteiger partial charge in [-0.2, -0.15) is 8.42 Å². The molecule has 12 heteroatoms. The number of anilines is 5. The number of rotatable bonds is 15. The summed E-state index contributed by atoms with van der Waals surface area (Å²) in [5.74, 6) is 3.69. The Morgan fingerprint density at radius 1 is 0.770 bits per heavy atom. The van der Waals surface area contributed by atoms with Crippen LogP contribution >= 0.6 is 0 Å². The molecular formula is C49H58N6O5S. The van der Waals surface area contributed by atoms with E-state index in [2.05, 4.69) is 91.4 Å². The second kappa shape index (κ2) is 19.8. The van der Waals surface area contributed by atoms with Gasteiger partial charge in [-0.1, -0.05) is 84.2 Å². The van der Waals surface area contributed by atoms with Crippen LogP contribution in [-0.4, -0.2) is 46.4 Å². The van der Waals surface area contributed by atoms with E-state index in [4.69, 9.17) is 29.0 Å². The average molecular weight is 843 g/mol. The summed E-state index contributed by atoms with van der Waals surface area (Å²) in [5, 5.41) is 3.99. The highest BCUT2D eigenvalue weighted by Crippen LogP contribution is 2.61. The van der Waals surface area contributed by atoms with Gasteiger partial charge in [-0.3, -0.25) is 9.55 Å². The molecule has 0 aliphatic carbocycles. The van der Waals surface area contributed by atoms with Gasteiger partial charge >= 0.3 is 0 Å². The van der Waals surface area contributed by atoms with Gasteiger partial charge in [0.2, 0.25) is 0 Å². The van der Waals surface area contributed by atoms with Crippen LogP contribution in [0.5, 0.6) is 23.0 Å². The molecule has 0 saturated carbocycles. The first-order chi connectivity index (χ1) is 29.7. The number of benzene rings is 4. The van der Waals surface area contributed by atoms with E-state index in [-0.39, 0.29) is 11.9 Å². The van der Waals surface area contributed by atoms with Crippen LogP contribution in [0.4, 0.5) is 28.4 Å². The molecule has 320 valence electrons. The zero-order valence-electron chi connectivity index (χ0n) is 36.0. The molecule has 61 heavy (non-hydrogen) atoms. The zero-order valence-corrected chi connectivity index (χ0v) is 36.8. The van der Waals surface area contributed by atoms with E-state index in [0.29, 0.717) is 18.7 Å². The van der Waals surface area contributed by atoms with Crippen molar-refractivity contribution in [1.82, 2.24) is 14.9 Å². The Labute approximate surface area is 361 Å². The lowest BCUT2D eigenvalue weighted by molar-refractivity contribution is 0.246. The van der Waals surface area contributed by atoms with Gasteiger partial charge in [0.05, 0.1) is 39.8 Å². The lowest BCUT2D eigenvalue weighted by atomic mass is 9.89. The van der Waals surface area contributed by atoms with Crippen molar-refractivity contribution < 1.29 is 22.4 Å². The summed E-state index contributed by atoms with van der Waals surface area (Å²) in [6.07, 6.45) is 17.3. The van der Waals surface area contributed by atoms with Crippen molar-refractivity contribution in [1.29, 1.82) is 0 Å². The van der Waals surface area contributed by atoms with Crippen LogP contribution in [0.15, 0.2) is 102 Å². The first-order valence-corrected chi connectivity index (χ1v) is 23.5. The molecule has 3 aliphatic rings. The summed E-state index contributed by atoms with van der Waals surface area (Å²) in [4.78, 5) is 20.2. The number of aromatic nitrogens is 2. The number of unbranched alkanes of at least 4 members (excludes halogenated alkanes) is 3. The van der Waals surface area contributed by atoms with Gasteiger partial charge in [0.1, 0.15) is 0 Å². The summed E-state index contributed by atoms with van der Waals surface area (Å²) < 4.78 is 41.3. The van der Waals surface area contributed by atoms with Crippen LogP contribution in [0.2, 0.25) is 0 Å². The van der Waals surface area contributed by atoms with Crippen LogP contribution in [0.3, 0.4) is 0 Å². The summed E-state index contributed by atoms with van der Waals surface area (Å²) in [6.45, 7) is 11.5. The minimum absolute atomic E-state index is 0.132. The van der Waals surface area contributed by atoms with Gasteiger partial charge in [0.15, 0.2) is 35.0 Å². The van der Waals surface area contributed by atoms with E-state index in [1.807, 2.05) is 48.9 Å². The van der Waals surface area contributed by atoms with Crippen LogP contribution in [-0.2, 0) is 23.0 Å². The molecule has 5 aromatic rings. The lowest BCUT2D eigenvalue weighted by Gasteiger charge is -2.42. The Bertz CT molecular complexity index is 2440. The van der Waals surface area contributed by atoms with E-state index < -0.39 is 10.1 Å². The molecule has 11 nitrogen and oxygen atoms in total. The maximum Gasteiger partial charge on any atom is 0.264 e. The third-order valence-corrected chi connectivity index (χ3v) is 12.0. The van der Waals surface area contributed by atoms with Crippen LogP contribution < -0.4 is 19.7 Å². The maximum absolute atomic E-state index is 9.79. The Hall–Kier alpha value is -5.72. The van der Waals surface area contributed by atoms with E-state index in [1.54, 1.807) is 6.92 Å². The molecule has 8 rings (SSSR count). The molecule has 0 fully saturated rings. The number of hydrogen-bond acceptors (Lipinski definition) is 10. The van der Waals surface area contributed by atoms with E-state index in [0.717, 1.165) is 126 Å². The number of nitrogens with zero attached hydrogens (tertiary/aromatic N) is 5. The van der Waals surface area contributed by atoms with Crippen molar-refractivity contribution >= 4 is 44.8 Å². The third-order valence-electron chi connectivity index (χ3n) is 11.1. The quantitative estimate of drug-likeness (QED) is 0.0962. The Morgan fingerprint density at radius 3 is 2.07 bits per heavy atom. The summed E-state index contributed by atoms with van der Waals surface area (Å²) >= 11 is 0. The highest BCUT2D eigenvalue weighted by molar-refractivity contribution is 7.85. The average Bonchev–Trinajstić information content (AvgIpc) is 3.27. The van der Waals surface area contributed by atoms with Crippen molar-refractivity contribution in [3.8, 4) is 34.4 Å². The number of aliphatic imine (C=N–C) groups is 1. The van der Waals surface area contributed by atoms with Gasteiger partial charge in [-0.05, 0) is 99.0 Å². The van der Waals surface area contributed by atoms with Crippen molar-refractivity contribution in [3.63, 3.8) is 0 Å². The molecule has 0 radical (unpaired) electrons. The van der Waals surface area contributed by atoms with Crippen molar-refractivity contribution in [3.05, 3.63) is 114 Å². The summed E-state index contributed by atoms with van der Waals surface area (Å²) in [5.41, 5.74) is 10.4. The largest absolute Gasteiger partial charge is 0.453 e. The molecule has 1 unspecified atom stereocenters. The number of nitrogens with one attached hydrogen (secondary N) is 1. The normalized spacial score (nSPS) is 14.9. The monoisotopic (exact) mass is 842 g/mol. The molecule has 0 spiro atoms. The van der Waals surface area contributed by atoms with Crippen molar-refractivity contribution in [2.24, 2.45) is 4.99 Å². The minimum Gasteiger partial charge on any atom is -0.453 e. The highest BCUT2D eigenvalue weighted by atomic mass is 32.2. The van der Waals surface area contributed by atoms with Crippen LogP contribution in [0.1, 0.15) is 109 Å². The molecule has 4 heterocycles.